The van der Waals surface area contributed by atoms with E-state index in [0.29, 0.717) is 5.82 Å². The van der Waals surface area contributed by atoms with Crippen molar-refractivity contribution in [1.29, 1.82) is 0 Å². The fourth-order valence-electron chi connectivity index (χ4n) is 1.35. The highest BCUT2D eigenvalue weighted by Gasteiger charge is 2.05. The van der Waals surface area contributed by atoms with Crippen LogP contribution in [0.1, 0.15) is 5.69 Å². The molecule has 16 heavy (non-hydrogen) atoms. The van der Waals surface area contributed by atoms with E-state index in [2.05, 4.69) is 10.1 Å². The first-order chi connectivity index (χ1) is 7.66. The Morgan fingerprint density at radius 3 is 2.94 bits per heavy atom. The fourth-order valence-corrected chi connectivity index (χ4v) is 1.35. The highest BCUT2D eigenvalue weighted by Crippen LogP contribution is 1.99. The summed E-state index contributed by atoms with van der Waals surface area (Å²) in [6.45, 7) is 0. The molecule has 0 fully saturated rings. The van der Waals surface area contributed by atoms with E-state index in [1.54, 1.807) is 24.4 Å². The molecule has 2 rings (SSSR count). The van der Waals surface area contributed by atoms with E-state index in [1.165, 1.54) is 10.7 Å². The first-order valence-electron chi connectivity index (χ1n) is 4.59. The van der Waals surface area contributed by atoms with Gasteiger partial charge in [-0.25, -0.2) is 9.67 Å². The average molecular weight is 218 g/mol. The van der Waals surface area contributed by atoms with Gasteiger partial charge in [0.1, 0.15) is 0 Å². The van der Waals surface area contributed by atoms with Crippen molar-refractivity contribution in [1.82, 2.24) is 14.8 Å². The van der Waals surface area contributed by atoms with Crippen LogP contribution in [-0.4, -0.2) is 20.7 Å². The topological polar surface area (TPSA) is 90.8 Å². The van der Waals surface area contributed by atoms with Crippen molar-refractivity contribution in [3.05, 3.63) is 46.5 Å². The first kappa shape index (κ1) is 10.2. The zero-order valence-corrected chi connectivity index (χ0v) is 8.21. The van der Waals surface area contributed by atoms with Crippen molar-refractivity contribution in [3.63, 3.8) is 0 Å². The monoisotopic (exact) mass is 218 g/mol. The summed E-state index contributed by atoms with van der Waals surface area (Å²) in [5.74, 6) is -0.827. The van der Waals surface area contributed by atoms with Gasteiger partial charge in [0.15, 0.2) is 5.82 Å². The SMILES string of the molecule is O=C([O-])Cc1cc(=O)n(-c2ccccn2)[nH]1. The van der Waals surface area contributed by atoms with Crippen molar-refractivity contribution in [2.45, 2.75) is 6.42 Å². The molecule has 2 aromatic rings. The van der Waals surface area contributed by atoms with Crippen LogP contribution in [0.3, 0.4) is 0 Å². The third kappa shape index (κ3) is 2.00. The number of carboxylic acid groups (broad SMARTS) is 1. The van der Waals surface area contributed by atoms with Gasteiger partial charge in [-0.1, -0.05) is 6.07 Å². The molecule has 2 heterocycles. The minimum Gasteiger partial charge on any atom is -0.550 e. The summed E-state index contributed by atoms with van der Waals surface area (Å²) in [4.78, 5) is 25.8. The second kappa shape index (κ2) is 4.01. The predicted octanol–water partition coefficient (Wildman–Crippen LogP) is -1.15. The Balaban J connectivity index is 2.40. The number of hydrogen-bond acceptors (Lipinski definition) is 4. The number of carbonyl (C=O) groups is 1. The molecule has 0 bridgehead atoms. The van der Waals surface area contributed by atoms with Crippen LogP contribution in [0.15, 0.2) is 35.3 Å². The van der Waals surface area contributed by atoms with Crippen LogP contribution in [0.25, 0.3) is 5.82 Å². The van der Waals surface area contributed by atoms with E-state index < -0.39 is 5.97 Å². The second-order valence-electron chi connectivity index (χ2n) is 3.19. The van der Waals surface area contributed by atoms with Gasteiger partial charge in [-0.15, -0.1) is 0 Å². The molecular weight excluding hydrogens is 210 g/mol. The molecule has 2 aromatic heterocycles. The summed E-state index contributed by atoms with van der Waals surface area (Å²) in [6, 6.07) is 6.30. The minimum atomic E-state index is -1.24. The molecule has 0 aliphatic carbocycles. The van der Waals surface area contributed by atoms with Gasteiger partial charge < -0.3 is 9.90 Å². The normalized spacial score (nSPS) is 10.2. The predicted molar refractivity (Wildman–Crippen MR) is 52.9 cm³/mol. The summed E-state index contributed by atoms with van der Waals surface area (Å²) in [5.41, 5.74) is -0.0643. The third-order valence-electron chi connectivity index (χ3n) is 1.99. The lowest BCUT2D eigenvalue weighted by Gasteiger charge is -2.00. The summed E-state index contributed by atoms with van der Waals surface area (Å²) < 4.78 is 1.18. The molecule has 0 saturated heterocycles. The van der Waals surface area contributed by atoms with Crippen molar-refractivity contribution < 1.29 is 9.90 Å². The zero-order chi connectivity index (χ0) is 11.5. The number of carboxylic acids is 1. The van der Waals surface area contributed by atoms with Gasteiger partial charge in [0.2, 0.25) is 0 Å². The lowest BCUT2D eigenvalue weighted by molar-refractivity contribution is -0.304. The van der Waals surface area contributed by atoms with Gasteiger partial charge in [0, 0.05) is 30.3 Å². The standard InChI is InChI=1S/C10H9N3O3/c14-9-5-7(6-10(15)16)12-13(9)8-3-1-2-4-11-8/h1-5,12H,6H2,(H,15,16)/p-1. The van der Waals surface area contributed by atoms with Gasteiger partial charge in [-0.2, -0.15) is 0 Å². The highest BCUT2D eigenvalue weighted by molar-refractivity contribution is 5.67. The number of nitrogens with one attached hydrogen (secondary N) is 1. The molecule has 1 N–H and O–H groups in total. The van der Waals surface area contributed by atoms with Gasteiger partial charge in [-0.05, 0) is 12.1 Å². The Bertz CT molecular complexity index is 556. The molecule has 0 unspecified atom stereocenters. The van der Waals surface area contributed by atoms with Gasteiger partial charge in [0.25, 0.3) is 5.56 Å². The molecule has 6 heteroatoms. The van der Waals surface area contributed by atoms with Crippen LogP contribution in [0.4, 0.5) is 0 Å². The number of aromatic nitrogens is 3. The van der Waals surface area contributed by atoms with Gasteiger partial charge >= 0.3 is 0 Å². The Kier molecular flexibility index (Phi) is 2.55. The van der Waals surface area contributed by atoms with Crippen molar-refractivity contribution in [3.8, 4) is 5.82 Å². The quantitative estimate of drug-likeness (QED) is 0.704. The van der Waals surface area contributed by atoms with Gasteiger partial charge in [-0.3, -0.25) is 9.89 Å². The first-order valence-corrected chi connectivity index (χ1v) is 4.59. The van der Waals surface area contributed by atoms with Crippen molar-refractivity contribution in [2.75, 3.05) is 0 Å². The Labute approximate surface area is 90.2 Å². The molecule has 0 saturated carbocycles. The number of aliphatic carboxylic acids is 1. The Hall–Kier alpha value is -2.37. The Morgan fingerprint density at radius 2 is 2.31 bits per heavy atom. The molecule has 0 amide bonds. The molecule has 0 aliphatic heterocycles. The minimum absolute atomic E-state index is 0.288. The Morgan fingerprint density at radius 1 is 1.50 bits per heavy atom. The summed E-state index contributed by atoms with van der Waals surface area (Å²) in [6.07, 6.45) is 1.22. The smallest absolute Gasteiger partial charge is 0.272 e. The largest absolute Gasteiger partial charge is 0.550 e. The molecule has 0 atom stereocenters. The number of hydrogen-bond donors (Lipinski definition) is 1. The van der Waals surface area contributed by atoms with Crippen molar-refractivity contribution >= 4 is 5.97 Å². The van der Waals surface area contributed by atoms with E-state index in [4.69, 9.17) is 0 Å². The summed E-state index contributed by atoms with van der Waals surface area (Å²) in [7, 11) is 0. The lowest BCUT2D eigenvalue weighted by atomic mass is 10.3. The number of pyridine rings is 1. The molecular formula is C10H8N3O3-. The number of aromatic amines is 1. The highest BCUT2D eigenvalue weighted by atomic mass is 16.4. The van der Waals surface area contributed by atoms with E-state index in [1.807, 2.05) is 0 Å². The van der Waals surface area contributed by atoms with E-state index in [9.17, 15) is 14.7 Å². The van der Waals surface area contributed by atoms with Crippen LogP contribution in [0.2, 0.25) is 0 Å². The molecule has 0 aliphatic rings. The number of H-pyrrole nitrogens is 1. The van der Waals surface area contributed by atoms with Crippen LogP contribution < -0.4 is 10.7 Å². The summed E-state index contributed by atoms with van der Waals surface area (Å²) >= 11 is 0. The average Bonchev–Trinajstić information content (AvgIpc) is 2.60. The third-order valence-corrected chi connectivity index (χ3v) is 1.99. The molecule has 6 nitrogen and oxygen atoms in total. The van der Waals surface area contributed by atoms with Crippen LogP contribution in [0.5, 0.6) is 0 Å². The van der Waals surface area contributed by atoms with Crippen LogP contribution in [-0.2, 0) is 11.2 Å². The van der Waals surface area contributed by atoms with E-state index >= 15 is 0 Å². The number of nitrogens with zero attached hydrogens (tertiary/aromatic N) is 2. The number of carbonyl (C=O) groups excluding carboxylic acids is 1. The van der Waals surface area contributed by atoms with E-state index in [-0.39, 0.29) is 17.7 Å². The zero-order valence-electron chi connectivity index (χ0n) is 8.21. The van der Waals surface area contributed by atoms with Gasteiger partial charge in [0.05, 0.1) is 0 Å². The van der Waals surface area contributed by atoms with Crippen LogP contribution in [0, 0.1) is 0 Å². The maximum atomic E-state index is 11.5. The molecule has 0 radical (unpaired) electrons. The maximum Gasteiger partial charge on any atom is 0.272 e. The second-order valence-corrected chi connectivity index (χ2v) is 3.19. The van der Waals surface area contributed by atoms with Crippen LogP contribution >= 0.6 is 0 Å². The van der Waals surface area contributed by atoms with Crippen molar-refractivity contribution in [2.24, 2.45) is 0 Å². The fraction of sp³-hybridized carbons (Fsp3) is 0.100. The number of rotatable bonds is 3. The molecule has 82 valence electrons. The maximum absolute atomic E-state index is 11.5. The summed E-state index contributed by atoms with van der Waals surface area (Å²) in [5, 5.41) is 13.0. The van der Waals surface area contributed by atoms with E-state index in [0.717, 1.165) is 0 Å². The molecule has 0 spiro atoms. The molecule has 0 aromatic carbocycles. The lowest BCUT2D eigenvalue weighted by Crippen LogP contribution is -2.24.